The lowest BCUT2D eigenvalue weighted by Gasteiger charge is -2.37. The molecule has 0 fully saturated rings. The fraction of sp³-hybridized carbons (Fsp3) is 0.273. The molecule has 9 rings (SSSR count). The van der Waals surface area contributed by atoms with Crippen LogP contribution in [0.1, 0.15) is 45.5 Å². The van der Waals surface area contributed by atoms with Crippen molar-refractivity contribution < 1.29 is 24.4 Å². The van der Waals surface area contributed by atoms with Crippen molar-refractivity contribution in [3.63, 3.8) is 0 Å². The van der Waals surface area contributed by atoms with Gasteiger partial charge in [-0.3, -0.25) is 4.90 Å². The van der Waals surface area contributed by atoms with E-state index in [0.29, 0.717) is 34.5 Å². The Morgan fingerprint density at radius 1 is 0.750 bits per heavy atom. The van der Waals surface area contributed by atoms with Gasteiger partial charge in [0.15, 0.2) is 34.5 Å². The Hall–Kier alpha value is -4.20. The number of aromatic hydroxyl groups is 2. The average Bonchev–Trinajstić information content (AvgIpc) is 2.95. The summed E-state index contributed by atoms with van der Waals surface area (Å²) in [5.74, 6) is 3.65. The molecule has 5 heterocycles. The van der Waals surface area contributed by atoms with Crippen LogP contribution in [0.15, 0.2) is 60.7 Å². The summed E-state index contributed by atoms with van der Waals surface area (Å²) in [6, 6.07) is 19.7. The molecule has 7 nitrogen and oxygen atoms in total. The lowest BCUT2D eigenvalue weighted by molar-refractivity contribution is 0.227. The van der Waals surface area contributed by atoms with Crippen molar-refractivity contribution in [3.05, 3.63) is 94.0 Å². The van der Waals surface area contributed by atoms with Crippen molar-refractivity contribution in [2.45, 2.75) is 37.8 Å². The molecule has 0 radical (unpaired) electrons. The number of hydrogen-bond acceptors (Lipinski definition) is 7. The standard InChI is InChI=1S/C33H30N2O5/c1-35-11-9-20-16-29-30-17-23(20)25(35)13-19-4-7-26(36)28(14-19)38-22-5-2-18(3-6-22)12-24-31-21(8-10-34-24)15-27(37)32(39-29)33(31)40-30/h2-7,14-17,24-25,34,36-37H,8-13H2,1H3. The van der Waals surface area contributed by atoms with Crippen molar-refractivity contribution in [2.75, 3.05) is 20.1 Å². The van der Waals surface area contributed by atoms with E-state index in [-0.39, 0.29) is 23.6 Å². The van der Waals surface area contributed by atoms with Crippen LogP contribution in [0.2, 0.25) is 0 Å². The van der Waals surface area contributed by atoms with E-state index in [1.54, 1.807) is 6.07 Å². The lowest BCUT2D eigenvalue weighted by atomic mass is 9.87. The number of phenols is 2. The predicted molar refractivity (Wildman–Crippen MR) is 150 cm³/mol. The number of ether oxygens (including phenoxy) is 3. The highest BCUT2D eigenvalue weighted by Crippen LogP contribution is 2.55. The van der Waals surface area contributed by atoms with Crippen LogP contribution >= 0.6 is 0 Å². The van der Waals surface area contributed by atoms with Gasteiger partial charge in [0, 0.05) is 24.2 Å². The van der Waals surface area contributed by atoms with E-state index in [4.69, 9.17) is 14.2 Å². The predicted octanol–water partition coefficient (Wildman–Crippen LogP) is 6.30. The van der Waals surface area contributed by atoms with Crippen molar-refractivity contribution in [3.8, 4) is 46.0 Å². The van der Waals surface area contributed by atoms with Crippen molar-refractivity contribution in [1.82, 2.24) is 10.2 Å². The van der Waals surface area contributed by atoms with Gasteiger partial charge in [-0.1, -0.05) is 18.2 Å². The quantitative estimate of drug-likeness (QED) is 0.215. The van der Waals surface area contributed by atoms with Gasteiger partial charge in [0.25, 0.3) is 0 Å². The summed E-state index contributed by atoms with van der Waals surface area (Å²) < 4.78 is 19.2. The molecule has 7 bridgehead atoms. The largest absolute Gasteiger partial charge is 0.504 e. The van der Waals surface area contributed by atoms with Crippen molar-refractivity contribution in [2.24, 2.45) is 0 Å². The summed E-state index contributed by atoms with van der Waals surface area (Å²) in [6.45, 7) is 1.72. The van der Waals surface area contributed by atoms with E-state index >= 15 is 0 Å². The molecule has 7 heteroatoms. The minimum atomic E-state index is -0.00821. The Labute approximate surface area is 232 Å². The first-order valence-electron chi connectivity index (χ1n) is 13.9. The van der Waals surface area contributed by atoms with Gasteiger partial charge in [-0.05, 0) is 110 Å². The van der Waals surface area contributed by atoms with Gasteiger partial charge in [0.2, 0.25) is 5.75 Å². The number of phenolic OH excluding ortho intramolecular Hbond substituents is 2. The minimum Gasteiger partial charge on any atom is -0.504 e. The van der Waals surface area contributed by atoms with E-state index < -0.39 is 0 Å². The summed E-state index contributed by atoms with van der Waals surface area (Å²) >= 11 is 0. The molecule has 0 spiro atoms. The molecule has 0 saturated heterocycles. The molecule has 0 aliphatic carbocycles. The van der Waals surface area contributed by atoms with Crippen LogP contribution in [-0.4, -0.2) is 35.3 Å². The molecule has 3 N–H and O–H groups in total. The SMILES string of the molecule is CN1CCc2cc3c4cc2C1Cc1ccc(O)c(c1)Oc1ccc(cc1)CC1NCCc2cc(O)c(c(c21)O4)O3. The van der Waals surface area contributed by atoms with Crippen LogP contribution in [0.4, 0.5) is 0 Å². The topological polar surface area (TPSA) is 83.4 Å². The first kappa shape index (κ1) is 23.7. The van der Waals surface area contributed by atoms with Gasteiger partial charge in [-0.25, -0.2) is 0 Å². The maximum absolute atomic E-state index is 11.0. The zero-order valence-corrected chi connectivity index (χ0v) is 22.2. The summed E-state index contributed by atoms with van der Waals surface area (Å²) in [6.07, 6.45) is 3.18. The second kappa shape index (κ2) is 8.91. The van der Waals surface area contributed by atoms with Gasteiger partial charge in [-0.15, -0.1) is 0 Å². The number of fused-ring (bicyclic) bond motifs is 2. The molecule has 2 atom stereocenters. The third-order valence-electron chi connectivity index (χ3n) is 8.77. The van der Waals surface area contributed by atoms with Crippen LogP contribution in [0.25, 0.3) is 0 Å². The van der Waals surface area contributed by atoms with E-state index in [0.717, 1.165) is 61.0 Å². The number of nitrogens with zero attached hydrogens (tertiary/aromatic N) is 1. The highest BCUT2D eigenvalue weighted by molar-refractivity contribution is 5.67. The highest BCUT2D eigenvalue weighted by Gasteiger charge is 2.35. The van der Waals surface area contributed by atoms with Crippen LogP contribution < -0.4 is 19.5 Å². The maximum Gasteiger partial charge on any atom is 0.212 e. The summed E-state index contributed by atoms with van der Waals surface area (Å²) in [5, 5.41) is 25.2. The molecule has 0 aromatic heterocycles. The van der Waals surface area contributed by atoms with E-state index in [2.05, 4.69) is 41.5 Å². The van der Waals surface area contributed by atoms with Crippen LogP contribution in [0.3, 0.4) is 0 Å². The van der Waals surface area contributed by atoms with E-state index in [1.807, 2.05) is 30.3 Å². The molecule has 202 valence electrons. The monoisotopic (exact) mass is 534 g/mol. The summed E-state index contributed by atoms with van der Waals surface area (Å²) in [5.41, 5.74) is 6.74. The van der Waals surface area contributed by atoms with Crippen LogP contribution in [0.5, 0.6) is 46.0 Å². The van der Waals surface area contributed by atoms with E-state index in [1.165, 1.54) is 11.1 Å². The Morgan fingerprint density at radius 2 is 1.55 bits per heavy atom. The molecule has 0 amide bonds. The van der Waals surface area contributed by atoms with E-state index in [9.17, 15) is 10.2 Å². The first-order chi connectivity index (χ1) is 19.5. The Balaban J connectivity index is 1.32. The number of rotatable bonds is 0. The highest BCUT2D eigenvalue weighted by atomic mass is 16.6. The van der Waals surface area contributed by atoms with Crippen molar-refractivity contribution >= 4 is 0 Å². The fourth-order valence-electron chi connectivity index (χ4n) is 6.67. The average molecular weight is 535 g/mol. The number of hydrogen-bond donors (Lipinski definition) is 3. The smallest absolute Gasteiger partial charge is 0.212 e. The summed E-state index contributed by atoms with van der Waals surface area (Å²) in [4.78, 5) is 2.37. The second-order valence-electron chi connectivity index (χ2n) is 11.3. The normalized spacial score (nSPS) is 20.6. The zero-order chi connectivity index (χ0) is 27.0. The molecule has 5 aliphatic heterocycles. The Morgan fingerprint density at radius 3 is 2.42 bits per heavy atom. The van der Waals surface area contributed by atoms with Crippen LogP contribution in [0, 0.1) is 0 Å². The van der Waals surface area contributed by atoms with Gasteiger partial charge in [0.1, 0.15) is 5.75 Å². The Bertz CT molecular complexity index is 1670. The lowest BCUT2D eigenvalue weighted by Crippen LogP contribution is -2.33. The van der Waals surface area contributed by atoms with Gasteiger partial charge in [-0.2, -0.15) is 0 Å². The second-order valence-corrected chi connectivity index (χ2v) is 11.3. The first-order valence-corrected chi connectivity index (χ1v) is 13.9. The fourth-order valence-corrected chi connectivity index (χ4v) is 6.67. The molecular formula is C33H30N2O5. The van der Waals surface area contributed by atoms with Crippen molar-refractivity contribution in [1.29, 1.82) is 0 Å². The minimum absolute atomic E-state index is 0.00821. The molecular weight excluding hydrogens is 504 g/mol. The zero-order valence-electron chi connectivity index (χ0n) is 22.2. The maximum atomic E-state index is 11.0. The third kappa shape index (κ3) is 3.80. The van der Waals surface area contributed by atoms with Crippen LogP contribution in [-0.2, 0) is 25.7 Å². The molecule has 4 aromatic carbocycles. The van der Waals surface area contributed by atoms with Gasteiger partial charge < -0.3 is 29.7 Å². The molecule has 40 heavy (non-hydrogen) atoms. The summed E-state index contributed by atoms with van der Waals surface area (Å²) in [7, 11) is 2.15. The molecule has 4 aromatic rings. The number of nitrogens with one attached hydrogen (secondary N) is 1. The number of benzene rings is 4. The number of likely N-dealkylation sites (N-methyl/N-ethyl adjacent to an activating group) is 1. The third-order valence-corrected chi connectivity index (χ3v) is 8.77. The molecule has 0 saturated carbocycles. The molecule has 5 aliphatic rings. The van der Waals surface area contributed by atoms with Gasteiger partial charge >= 0.3 is 0 Å². The van der Waals surface area contributed by atoms with Gasteiger partial charge in [0.05, 0.1) is 0 Å². The Kier molecular flexibility index (Phi) is 5.27. The molecule has 2 unspecified atom stereocenters.